The van der Waals surface area contributed by atoms with Crippen molar-refractivity contribution in [2.45, 2.75) is 52.1 Å². The van der Waals surface area contributed by atoms with Crippen molar-refractivity contribution >= 4 is 5.97 Å². The minimum absolute atomic E-state index is 0.0134. The molecule has 0 saturated carbocycles. The molecule has 0 unspecified atom stereocenters. The molecule has 34 heavy (non-hydrogen) atoms. The van der Waals surface area contributed by atoms with Crippen molar-refractivity contribution in [1.82, 2.24) is 0 Å². The highest BCUT2D eigenvalue weighted by atomic mass is 16.5. The topological polar surface area (TPSA) is 55.8 Å². The fourth-order valence-electron chi connectivity index (χ4n) is 4.08. The lowest BCUT2D eigenvalue weighted by atomic mass is 9.81. The number of benzene rings is 3. The van der Waals surface area contributed by atoms with Gasteiger partial charge in [0.25, 0.3) is 0 Å². The van der Waals surface area contributed by atoms with Gasteiger partial charge in [-0.25, -0.2) is 0 Å². The van der Waals surface area contributed by atoms with Crippen molar-refractivity contribution in [3.8, 4) is 22.6 Å². The van der Waals surface area contributed by atoms with Crippen molar-refractivity contribution in [1.29, 1.82) is 0 Å². The highest BCUT2D eigenvalue weighted by Gasteiger charge is 2.20. The van der Waals surface area contributed by atoms with Crippen LogP contribution in [0.5, 0.6) is 11.5 Å². The fourth-order valence-corrected chi connectivity index (χ4v) is 4.08. The Morgan fingerprint density at radius 1 is 1.00 bits per heavy atom. The molecule has 3 aromatic rings. The van der Waals surface area contributed by atoms with Crippen molar-refractivity contribution in [2.75, 3.05) is 7.11 Å². The van der Waals surface area contributed by atoms with Crippen LogP contribution >= 0.6 is 0 Å². The molecule has 178 valence electrons. The lowest BCUT2D eigenvalue weighted by Crippen LogP contribution is -2.14. The zero-order chi connectivity index (χ0) is 24.9. The van der Waals surface area contributed by atoms with Crippen LogP contribution in [0.4, 0.5) is 0 Å². The Labute approximate surface area is 202 Å². The number of hydrogen-bond donors (Lipinski definition) is 1. The lowest BCUT2D eigenvalue weighted by molar-refractivity contribution is -0.137. The number of methoxy groups -OCH3 is 1. The third-order valence-corrected chi connectivity index (χ3v) is 5.91. The zero-order valence-electron chi connectivity index (χ0n) is 20.7. The maximum absolute atomic E-state index is 11.3. The van der Waals surface area contributed by atoms with E-state index in [0.29, 0.717) is 12.4 Å². The number of rotatable bonds is 9. The molecule has 0 spiro atoms. The van der Waals surface area contributed by atoms with Gasteiger partial charge >= 0.3 is 5.97 Å². The fraction of sp³-hybridized carbons (Fsp3) is 0.300. The van der Waals surface area contributed by atoms with Crippen LogP contribution in [0.3, 0.4) is 0 Å². The van der Waals surface area contributed by atoms with Crippen LogP contribution in [0.25, 0.3) is 11.1 Å². The van der Waals surface area contributed by atoms with Gasteiger partial charge in [0, 0.05) is 5.92 Å². The van der Waals surface area contributed by atoms with Crippen molar-refractivity contribution in [3.63, 3.8) is 0 Å². The van der Waals surface area contributed by atoms with Crippen LogP contribution in [0.15, 0.2) is 78.9 Å². The molecule has 0 fully saturated rings. The van der Waals surface area contributed by atoms with Gasteiger partial charge in [-0.15, -0.1) is 0 Å². The number of aliphatic carboxylic acids is 1. The quantitative estimate of drug-likeness (QED) is 0.340. The van der Waals surface area contributed by atoms with Crippen LogP contribution in [-0.4, -0.2) is 18.2 Å². The van der Waals surface area contributed by atoms with Gasteiger partial charge in [0.05, 0.1) is 13.5 Å². The molecule has 4 heteroatoms. The van der Waals surface area contributed by atoms with Gasteiger partial charge in [-0.2, -0.15) is 0 Å². The van der Waals surface area contributed by atoms with E-state index in [1.807, 2.05) is 43.3 Å². The Morgan fingerprint density at radius 3 is 2.35 bits per heavy atom. The first-order valence-corrected chi connectivity index (χ1v) is 11.5. The summed E-state index contributed by atoms with van der Waals surface area (Å²) in [6, 6.07) is 22.2. The van der Waals surface area contributed by atoms with Gasteiger partial charge in [0.15, 0.2) is 0 Å². The summed E-state index contributed by atoms with van der Waals surface area (Å²) >= 11 is 0. The monoisotopic (exact) mass is 458 g/mol. The average Bonchev–Trinajstić information content (AvgIpc) is 2.80. The first-order chi connectivity index (χ1) is 16.1. The summed E-state index contributed by atoms with van der Waals surface area (Å²) in [6.07, 6.45) is 0.0134. The predicted octanol–water partition coefficient (Wildman–Crippen LogP) is 7.37. The highest BCUT2D eigenvalue weighted by molar-refractivity contribution is 5.71. The van der Waals surface area contributed by atoms with Crippen molar-refractivity contribution in [2.24, 2.45) is 0 Å². The molecule has 0 aliphatic carbocycles. The lowest BCUT2D eigenvalue weighted by Gasteiger charge is -2.24. The molecule has 4 nitrogen and oxygen atoms in total. The molecule has 0 aliphatic rings. The molecule has 0 bridgehead atoms. The molecule has 1 atom stereocenters. The van der Waals surface area contributed by atoms with Gasteiger partial charge in [-0.3, -0.25) is 4.79 Å². The molecule has 0 aromatic heterocycles. The Kier molecular flexibility index (Phi) is 7.83. The summed E-state index contributed by atoms with van der Waals surface area (Å²) < 4.78 is 11.5. The predicted molar refractivity (Wildman–Crippen MR) is 138 cm³/mol. The van der Waals surface area contributed by atoms with Crippen LogP contribution in [-0.2, 0) is 16.8 Å². The summed E-state index contributed by atoms with van der Waals surface area (Å²) in [6.45, 7) is 12.9. The first kappa shape index (κ1) is 25.1. The van der Waals surface area contributed by atoms with Gasteiger partial charge < -0.3 is 14.6 Å². The summed E-state index contributed by atoms with van der Waals surface area (Å²) in [5.41, 5.74) is 6.27. The SMILES string of the molecule is C=C(C)[C@@H](CC(=O)O)c1cccc(OCc2ccc(-c3cccc(OC)c3)c(C(C)(C)C)c2)c1. The van der Waals surface area contributed by atoms with E-state index in [0.717, 1.165) is 28.0 Å². The second-order valence-electron chi connectivity index (χ2n) is 9.72. The third-order valence-electron chi connectivity index (χ3n) is 5.91. The van der Waals surface area contributed by atoms with E-state index in [9.17, 15) is 9.90 Å². The van der Waals surface area contributed by atoms with Crippen LogP contribution < -0.4 is 9.47 Å². The van der Waals surface area contributed by atoms with Gasteiger partial charge in [-0.1, -0.05) is 75.4 Å². The highest BCUT2D eigenvalue weighted by Crippen LogP contribution is 2.35. The summed E-state index contributed by atoms with van der Waals surface area (Å²) in [5.74, 6) is 0.463. The molecule has 0 amide bonds. The van der Waals surface area contributed by atoms with Crippen LogP contribution in [0.2, 0.25) is 0 Å². The Balaban J connectivity index is 1.85. The van der Waals surface area contributed by atoms with E-state index >= 15 is 0 Å². The maximum atomic E-state index is 11.3. The smallest absolute Gasteiger partial charge is 0.304 e. The Bertz CT molecular complexity index is 1170. The molecule has 3 rings (SSSR count). The van der Waals surface area contributed by atoms with E-state index in [4.69, 9.17) is 9.47 Å². The van der Waals surface area contributed by atoms with Crippen molar-refractivity contribution in [3.05, 3.63) is 95.6 Å². The van der Waals surface area contributed by atoms with Crippen molar-refractivity contribution < 1.29 is 19.4 Å². The number of hydrogen-bond acceptors (Lipinski definition) is 3. The van der Waals surface area contributed by atoms with Gasteiger partial charge in [0.1, 0.15) is 18.1 Å². The molecule has 1 N–H and O–H groups in total. The largest absolute Gasteiger partial charge is 0.497 e. The third kappa shape index (κ3) is 6.28. The molecular formula is C30H34O4. The number of carboxylic acid groups (broad SMARTS) is 1. The summed E-state index contributed by atoms with van der Waals surface area (Å²) in [7, 11) is 1.68. The second kappa shape index (κ2) is 10.6. The van der Waals surface area contributed by atoms with E-state index in [-0.39, 0.29) is 17.8 Å². The minimum Gasteiger partial charge on any atom is -0.497 e. The Hall–Kier alpha value is -3.53. The van der Waals surface area contributed by atoms with Gasteiger partial charge in [0.2, 0.25) is 0 Å². The van der Waals surface area contributed by atoms with E-state index in [1.54, 1.807) is 7.11 Å². The van der Waals surface area contributed by atoms with Crippen LogP contribution in [0, 0.1) is 0 Å². The van der Waals surface area contributed by atoms with E-state index in [1.165, 1.54) is 11.1 Å². The Morgan fingerprint density at radius 2 is 1.71 bits per heavy atom. The summed E-state index contributed by atoms with van der Waals surface area (Å²) in [4.78, 5) is 11.3. The number of carbonyl (C=O) groups is 1. The first-order valence-electron chi connectivity index (χ1n) is 11.5. The second-order valence-corrected chi connectivity index (χ2v) is 9.72. The van der Waals surface area contributed by atoms with E-state index in [2.05, 4.69) is 57.7 Å². The van der Waals surface area contributed by atoms with Gasteiger partial charge in [-0.05, 0) is 64.4 Å². The minimum atomic E-state index is -0.842. The molecular weight excluding hydrogens is 424 g/mol. The zero-order valence-corrected chi connectivity index (χ0v) is 20.7. The average molecular weight is 459 g/mol. The maximum Gasteiger partial charge on any atom is 0.304 e. The number of carboxylic acids is 1. The normalized spacial score (nSPS) is 12.1. The molecule has 3 aromatic carbocycles. The van der Waals surface area contributed by atoms with Crippen LogP contribution in [0.1, 0.15) is 56.7 Å². The molecule has 0 radical (unpaired) electrons. The number of ether oxygens (including phenoxy) is 2. The molecule has 0 heterocycles. The van der Waals surface area contributed by atoms with E-state index < -0.39 is 5.97 Å². The standard InChI is InChI=1S/C30H34O4/c1-20(2)27(18-29(31)32)23-10-8-12-25(17-23)34-19-21-13-14-26(28(15-21)30(3,4)5)22-9-7-11-24(16-22)33-6/h7-17,27H,1,18-19H2,2-6H3,(H,31,32)/t27-/m1/s1. The summed E-state index contributed by atoms with van der Waals surface area (Å²) in [5, 5.41) is 9.26. The molecule has 0 aliphatic heterocycles. The molecule has 0 saturated heterocycles. The number of allylic oxidation sites excluding steroid dienone is 1.